The number of nitrogens with one attached hydrogen (secondary N) is 1. The number of amides is 2. The number of hydrogen-bond acceptors (Lipinski definition) is 2. The van der Waals surface area contributed by atoms with E-state index in [1.54, 1.807) is 9.80 Å². The molecule has 0 spiro atoms. The molecule has 1 aliphatic rings. The lowest BCUT2D eigenvalue weighted by Gasteiger charge is -2.36. The zero-order valence-corrected chi connectivity index (χ0v) is 12.4. The summed E-state index contributed by atoms with van der Waals surface area (Å²) in [5.41, 5.74) is -0.000242. The first-order valence-corrected chi connectivity index (χ1v) is 7.20. The molecule has 0 atom stereocenters. The molecule has 1 N–H and O–H groups in total. The van der Waals surface area contributed by atoms with Crippen LogP contribution in [-0.4, -0.2) is 43.7 Å². The lowest BCUT2D eigenvalue weighted by molar-refractivity contribution is 0.193. The number of carbonyl (C=O) groups is 1. The highest BCUT2D eigenvalue weighted by molar-refractivity contribution is 5.74. The maximum atomic E-state index is 13.7. The Bertz CT molecular complexity index is 479. The molecule has 4 nitrogen and oxygen atoms in total. The van der Waals surface area contributed by atoms with Gasteiger partial charge < -0.3 is 15.1 Å². The number of carbonyl (C=O) groups excluding carboxylic acids is 1. The molecular formula is C15H21F2N3O. The monoisotopic (exact) mass is 297 g/mol. The van der Waals surface area contributed by atoms with Crippen LogP contribution < -0.4 is 10.2 Å². The summed E-state index contributed by atoms with van der Waals surface area (Å²) in [6.45, 7) is 6.44. The van der Waals surface area contributed by atoms with Crippen molar-refractivity contribution in [1.82, 2.24) is 10.2 Å². The number of urea groups is 1. The zero-order chi connectivity index (χ0) is 15.4. The van der Waals surface area contributed by atoms with Crippen LogP contribution in [0, 0.1) is 17.6 Å². The number of rotatable bonds is 3. The quantitative estimate of drug-likeness (QED) is 0.930. The van der Waals surface area contributed by atoms with Gasteiger partial charge in [-0.15, -0.1) is 0 Å². The highest BCUT2D eigenvalue weighted by Gasteiger charge is 2.24. The normalized spacial score (nSPS) is 15.5. The average molecular weight is 297 g/mol. The van der Waals surface area contributed by atoms with E-state index in [-0.39, 0.29) is 11.7 Å². The third-order valence-corrected chi connectivity index (χ3v) is 3.48. The van der Waals surface area contributed by atoms with Crippen LogP contribution in [0.15, 0.2) is 18.2 Å². The first-order valence-electron chi connectivity index (χ1n) is 7.20. The molecule has 116 valence electrons. The van der Waals surface area contributed by atoms with Gasteiger partial charge in [0.1, 0.15) is 17.3 Å². The van der Waals surface area contributed by atoms with Crippen molar-refractivity contribution < 1.29 is 13.6 Å². The fourth-order valence-electron chi connectivity index (χ4n) is 2.33. The number of anilines is 1. The number of hydrogen-bond donors (Lipinski definition) is 1. The van der Waals surface area contributed by atoms with Crippen molar-refractivity contribution in [1.29, 1.82) is 0 Å². The molecule has 6 heteroatoms. The van der Waals surface area contributed by atoms with Crippen molar-refractivity contribution in [3.05, 3.63) is 29.8 Å². The van der Waals surface area contributed by atoms with Gasteiger partial charge in [0.2, 0.25) is 0 Å². The third kappa shape index (κ3) is 3.83. The molecule has 1 aromatic carbocycles. The number of benzene rings is 1. The van der Waals surface area contributed by atoms with Crippen LogP contribution in [0.5, 0.6) is 0 Å². The molecule has 1 aromatic rings. The van der Waals surface area contributed by atoms with E-state index in [0.717, 1.165) is 0 Å². The highest BCUT2D eigenvalue weighted by atomic mass is 19.1. The standard InChI is InChI=1S/C15H21F2N3O/c1-11(2)10-18-15(21)20-8-6-19(7-9-20)14-12(16)4-3-5-13(14)17/h3-5,11H,6-10H2,1-2H3,(H,18,21). The molecule has 2 amide bonds. The summed E-state index contributed by atoms with van der Waals surface area (Å²) in [5, 5.41) is 2.85. The molecule has 1 aliphatic heterocycles. The van der Waals surface area contributed by atoms with Crippen LogP contribution in [0.3, 0.4) is 0 Å². The first kappa shape index (κ1) is 15.5. The van der Waals surface area contributed by atoms with Crippen molar-refractivity contribution >= 4 is 11.7 Å². The zero-order valence-electron chi connectivity index (χ0n) is 12.4. The smallest absolute Gasteiger partial charge is 0.317 e. The Labute approximate surface area is 123 Å². The van der Waals surface area contributed by atoms with Crippen molar-refractivity contribution in [3.8, 4) is 0 Å². The largest absolute Gasteiger partial charge is 0.363 e. The van der Waals surface area contributed by atoms with E-state index in [4.69, 9.17) is 0 Å². The second-order valence-corrected chi connectivity index (χ2v) is 5.62. The third-order valence-electron chi connectivity index (χ3n) is 3.48. The lowest BCUT2D eigenvalue weighted by atomic mass is 10.2. The van der Waals surface area contributed by atoms with Gasteiger partial charge in [-0.2, -0.15) is 0 Å². The number of piperazine rings is 1. The van der Waals surface area contributed by atoms with Gasteiger partial charge in [-0.1, -0.05) is 19.9 Å². The summed E-state index contributed by atoms with van der Waals surface area (Å²) < 4.78 is 27.5. The maximum absolute atomic E-state index is 13.7. The molecule has 1 saturated heterocycles. The molecule has 1 heterocycles. The van der Waals surface area contributed by atoms with Gasteiger partial charge in [-0.3, -0.25) is 0 Å². The summed E-state index contributed by atoms with van der Waals surface area (Å²) in [7, 11) is 0. The van der Waals surface area contributed by atoms with E-state index in [1.165, 1.54) is 18.2 Å². The van der Waals surface area contributed by atoms with Gasteiger partial charge in [0, 0.05) is 32.7 Å². The summed E-state index contributed by atoms with van der Waals surface area (Å²) in [6.07, 6.45) is 0. The summed E-state index contributed by atoms with van der Waals surface area (Å²) in [5.74, 6) is -0.733. The van der Waals surface area contributed by atoms with Crippen LogP contribution in [0.1, 0.15) is 13.8 Å². The van der Waals surface area contributed by atoms with Crippen LogP contribution in [-0.2, 0) is 0 Å². The van der Waals surface area contributed by atoms with Crippen LogP contribution in [0.4, 0.5) is 19.3 Å². The lowest BCUT2D eigenvalue weighted by Crippen LogP contribution is -2.52. The molecule has 0 bridgehead atoms. The van der Waals surface area contributed by atoms with Crippen LogP contribution in [0.25, 0.3) is 0 Å². The predicted molar refractivity (Wildman–Crippen MR) is 78.4 cm³/mol. The van der Waals surface area contributed by atoms with Crippen molar-refractivity contribution in [3.63, 3.8) is 0 Å². The molecule has 21 heavy (non-hydrogen) atoms. The Morgan fingerprint density at radius 3 is 2.29 bits per heavy atom. The molecule has 0 aromatic heterocycles. The van der Waals surface area contributed by atoms with E-state index in [2.05, 4.69) is 5.32 Å². The van der Waals surface area contributed by atoms with Crippen molar-refractivity contribution in [2.24, 2.45) is 5.92 Å². The second-order valence-electron chi connectivity index (χ2n) is 5.62. The topological polar surface area (TPSA) is 35.6 Å². The summed E-state index contributed by atoms with van der Waals surface area (Å²) in [6, 6.07) is 3.74. The molecule has 1 fully saturated rings. The van der Waals surface area contributed by atoms with Gasteiger partial charge in [-0.05, 0) is 18.1 Å². The molecular weight excluding hydrogens is 276 g/mol. The highest BCUT2D eigenvalue weighted by Crippen LogP contribution is 2.24. The average Bonchev–Trinajstić information content (AvgIpc) is 2.45. The minimum atomic E-state index is -0.562. The maximum Gasteiger partial charge on any atom is 0.317 e. The molecule has 0 aliphatic carbocycles. The minimum absolute atomic E-state index is 0.000242. The van der Waals surface area contributed by atoms with E-state index in [9.17, 15) is 13.6 Å². The van der Waals surface area contributed by atoms with Crippen molar-refractivity contribution in [2.75, 3.05) is 37.6 Å². The van der Waals surface area contributed by atoms with E-state index >= 15 is 0 Å². The number of para-hydroxylation sites is 1. The number of halogens is 2. The SMILES string of the molecule is CC(C)CNC(=O)N1CCN(c2c(F)cccc2F)CC1. The van der Waals surface area contributed by atoms with Gasteiger partial charge in [-0.25, -0.2) is 13.6 Å². The minimum Gasteiger partial charge on any atom is -0.363 e. The fourth-order valence-corrected chi connectivity index (χ4v) is 2.33. The fraction of sp³-hybridized carbons (Fsp3) is 0.533. The van der Waals surface area contributed by atoms with E-state index in [1.807, 2.05) is 13.8 Å². The van der Waals surface area contributed by atoms with Crippen LogP contribution >= 0.6 is 0 Å². The van der Waals surface area contributed by atoms with E-state index < -0.39 is 11.6 Å². The number of nitrogens with zero attached hydrogens (tertiary/aromatic N) is 2. The van der Waals surface area contributed by atoms with Crippen molar-refractivity contribution in [2.45, 2.75) is 13.8 Å². The van der Waals surface area contributed by atoms with Gasteiger partial charge in [0.05, 0.1) is 0 Å². The molecule has 2 rings (SSSR count). The molecule has 0 radical (unpaired) electrons. The van der Waals surface area contributed by atoms with Crippen LogP contribution in [0.2, 0.25) is 0 Å². The molecule has 0 unspecified atom stereocenters. The first-order chi connectivity index (χ1) is 9.99. The van der Waals surface area contributed by atoms with Gasteiger partial charge in [0.25, 0.3) is 0 Å². The summed E-state index contributed by atoms with van der Waals surface area (Å²) >= 11 is 0. The Kier molecular flexibility index (Phi) is 4.98. The van der Waals surface area contributed by atoms with E-state index in [0.29, 0.717) is 38.6 Å². The summed E-state index contributed by atoms with van der Waals surface area (Å²) in [4.78, 5) is 15.3. The van der Waals surface area contributed by atoms with Gasteiger partial charge in [0.15, 0.2) is 0 Å². The predicted octanol–water partition coefficient (Wildman–Crippen LogP) is 2.45. The Hall–Kier alpha value is -1.85. The molecule has 0 saturated carbocycles. The Balaban J connectivity index is 1.93. The van der Waals surface area contributed by atoms with Gasteiger partial charge >= 0.3 is 6.03 Å². The second kappa shape index (κ2) is 6.74. The Morgan fingerprint density at radius 2 is 1.76 bits per heavy atom. The Morgan fingerprint density at radius 1 is 1.19 bits per heavy atom.